The molecule has 9 heteroatoms. The molecule has 0 radical (unpaired) electrons. The Labute approximate surface area is 117 Å². The van der Waals surface area contributed by atoms with Crippen LogP contribution in [0.2, 0.25) is 0 Å². The lowest BCUT2D eigenvalue weighted by molar-refractivity contribution is -0.580. The van der Waals surface area contributed by atoms with Crippen LogP contribution in [0.5, 0.6) is 0 Å². The summed E-state index contributed by atoms with van der Waals surface area (Å²) in [5, 5.41) is 23.3. The molecule has 2 rings (SSSR count). The minimum absolute atomic E-state index is 0.0846. The molecule has 0 spiro atoms. The van der Waals surface area contributed by atoms with Crippen molar-refractivity contribution in [1.29, 1.82) is 0 Å². The molecule has 0 atom stereocenters. The number of rotatable bonds is 3. The predicted octanol–water partition coefficient (Wildman–Crippen LogP) is -0.0958. The van der Waals surface area contributed by atoms with Crippen molar-refractivity contribution in [2.24, 2.45) is 16.6 Å². The molecule has 20 heavy (non-hydrogen) atoms. The number of para-hydroxylation sites is 2. The summed E-state index contributed by atoms with van der Waals surface area (Å²) in [5.74, 6) is -0.797. The highest BCUT2D eigenvalue weighted by Gasteiger charge is 2.24. The van der Waals surface area contributed by atoms with Gasteiger partial charge >= 0.3 is 11.6 Å². The van der Waals surface area contributed by atoms with E-state index in [9.17, 15) is 10.0 Å². The van der Waals surface area contributed by atoms with Crippen molar-refractivity contribution in [3.8, 4) is 0 Å². The Balaban J connectivity index is 2.56. The second-order valence-corrected chi connectivity index (χ2v) is 4.78. The topological polar surface area (TPSA) is 142 Å². The van der Waals surface area contributed by atoms with Crippen LogP contribution >= 0.6 is 11.8 Å². The quantitative estimate of drug-likeness (QED) is 0.180. The van der Waals surface area contributed by atoms with Gasteiger partial charge in [-0.25, -0.2) is 4.98 Å². The Kier molecular flexibility index (Phi) is 3.89. The monoisotopic (exact) mass is 293 g/mol. The Bertz CT molecular complexity index is 704. The van der Waals surface area contributed by atoms with Crippen molar-refractivity contribution in [3.63, 3.8) is 0 Å². The second kappa shape index (κ2) is 5.61. The highest BCUT2D eigenvalue weighted by molar-refractivity contribution is 8.13. The molecular weight excluding hydrogens is 282 g/mol. The number of thioether (sulfide) groups is 1. The fraction of sp³-hybridized carbons (Fsp3) is 0.0909. The lowest BCUT2D eigenvalue weighted by Crippen LogP contribution is -2.40. The van der Waals surface area contributed by atoms with E-state index in [-0.39, 0.29) is 27.8 Å². The third-order valence-corrected chi connectivity index (χ3v) is 3.32. The highest BCUT2D eigenvalue weighted by atomic mass is 32.2. The number of nitrogens with zero attached hydrogens (tertiary/aromatic N) is 3. The van der Waals surface area contributed by atoms with E-state index in [1.54, 1.807) is 24.3 Å². The van der Waals surface area contributed by atoms with Crippen LogP contribution < -0.4 is 16.2 Å². The van der Waals surface area contributed by atoms with Crippen molar-refractivity contribution in [3.05, 3.63) is 40.9 Å². The zero-order chi connectivity index (χ0) is 14.7. The number of aromatic nitrogens is 2. The molecule has 2 aromatic rings. The summed E-state index contributed by atoms with van der Waals surface area (Å²) < 4.78 is 0.451. The van der Waals surface area contributed by atoms with E-state index < -0.39 is 5.91 Å². The van der Waals surface area contributed by atoms with Crippen LogP contribution in [0.4, 0.5) is 0 Å². The largest absolute Gasteiger partial charge is 0.618 e. The molecule has 1 aromatic carbocycles. The molecule has 1 aromatic heterocycles. The normalized spacial score (nSPS) is 11.7. The molecule has 8 nitrogen and oxygen atoms in total. The van der Waals surface area contributed by atoms with E-state index in [4.69, 9.17) is 16.7 Å². The highest BCUT2D eigenvalue weighted by Crippen LogP contribution is 2.16. The molecule has 0 fully saturated rings. The van der Waals surface area contributed by atoms with Gasteiger partial charge in [0.05, 0.1) is 5.75 Å². The Morgan fingerprint density at radius 3 is 2.80 bits per heavy atom. The van der Waals surface area contributed by atoms with Crippen LogP contribution in [-0.2, 0) is 5.75 Å². The summed E-state index contributed by atoms with van der Waals surface area (Å²) in [6, 6.07) is 6.57. The molecule has 0 aliphatic heterocycles. The van der Waals surface area contributed by atoms with Crippen LogP contribution in [0.25, 0.3) is 11.0 Å². The van der Waals surface area contributed by atoms with E-state index in [0.717, 1.165) is 11.8 Å². The molecule has 0 aliphatic rings. The number of nitrogens with two attached hydrogens (primary N) is 2. The van der Waals surface area contributed by atoms with E-state index >= 15 is 0 Å². The number of carbonyl (C=O) groups excluding carboxylic acids is 1. The van der Waals surface area contributed by atoms with Crippen LogP contribution in [0.15, 0.2) is 29.4 Å². The van der Waals surface area contributed by atoms with Gasteiger partial charge in [-0.1, -0.05) is 29.1 Å². The Morgan fingerprint density at radius 1 is 1.45 bits per heavy atom. The lowest BCUT2D eigenvalue weighted by Gasteiger charge is -2.09. The number of fused-ring (bicyclic) bond motifs is 1. The summed E-state index contributed by atoms with van der Waals surface area (Å²) in [7, 11) is 0. The van der Waals surface area contributed by atoms with Crippen LogP contribution in [0.3, 0.4) is 0 Å². The fourth-order valence-electron chi connectivity index (χ4n) is 1.68. The third-order valence-electron chi connectivity index (χ3n) is 2.52. The number of carbonyl (C=O) groups is 1. The summed E-state index contributed by atoms with van der Waals surface area (Å²) in [4.78, 5) is 15.7. The first-order valence-corrected chi connectivity index (χ1v) is 6.44. The molecule has 0 aliphatic carbocycles. The van der Waals surface area contributed by atoms with Gasteiger partial charge in [0.1, 0.15) is 11.2 Å². The predicted molar refractivity (Wildman–Crippen MR) is 73.9 cm³/mol. The lowest BCUT2D eigenvalue weighted by atomic mass is 10.2. The number of amidine groups is 1. The van der Waals surface area contributed by atoms with Crippen molar-refractivity contribution < 1.29 is 14.7 Å². The molecule has 0 unspecified atom stereocenters. The van der Waals surface area contributed by atoms with Crippen LogP contribution in [-0.4, -0.2) is 21.3 Å². The van der Waals surface area contributed by atoms with Crippen molar-refractivity contribution in [1.82, 2.24) is 4.98 Å². The average molecular weight is 293 g/mol. The van der Waals surface area contributed by atoms with Gasteiger partial charge in [-0.15, -0.1) is 0 Å². The smallest absolute Gasteiger partial charge is 0.316 e. The number of oxime groups is 1. The Hall–Kier alpha value is -2.55. The minimum Gasteiger partial charge on any atom is -0.618 e. The number of amides is 1. The maximum absolute atomic E-state index is 12.2. The molecule has 5 N–H and O–H groups in total. The van der Waals surface area contributed by atoms with Gasteiger partial charge < -0.3 is 21.9 Å². The van der Waals surface area contributed by atoms with E-state index in [2.05, 4.69) is 10.1 Å². The third kappa shape index (κ3) is 2.57. The summed E-state index contributed by atoms with van der Waals surface area (Å²) >= 11 is 0.934. The van der Waals surface area contributed by atoms with Crippen molar-refractivity contribution in [2.75, 3.05) is 0 Å². The minimum atomic E-state index is -0.881. The Morgan fingerprint density at radius 2 is 2.15 bits per heavy atom. The van der Waals surface area contributed by atoms with E-state index in [1.807, 2.05) is 0 Å². The van der Waals surface area contributed by atoms with Crippen molar-refractivity contribution in [2.45, 2.75) is 5.75 Å². The first kappa shape index (κ1) is 13.9. The second-order valence-electron chi connectivity index (χ2n) is 3.78. The van der Waals surface area contributed by atoms with Gasteiger partial charge in [0, 0.05) is 6.07 Å². The molecule has 1 heterocycles. The maximum Gasteiger partial charge on any atom is 0.316 e. The summed E-state index contributed by atoms with van der Waals surface area (Å²) in [6.07, 6.45) is 0. The number of primary amides is 1. The summed E-state index contributed by atoms with van der Waals surface area (Å²) in [6.45, 7) is 0. The maximum atomic E-state index is 12.2. The van der Waals surface area contributed by atoms with Gasteiger partial charge in [-0.05, 0) is 6.07 Å². The van der Waals surface area contributed by atoms with Gasteiger partial charge in [-0.3, -0.25) is 4.79 Å². The fourth-order valence-corrected chi connectivity index (χ4v) is 2.22. The van der Waals surface area contributed by atoms with E-state index in [1.165, 1.54) is 0 Å². The molecular formula is C11H11N5O3S. The molecule has 0 saturated carbocycles. The molecule has 104 valence electrons. The van der Waals surface area contributed by atoms with Gasteiger partial charge in [0.2, 0.25) is 5.52 Å². The number of hydrogen-bond acceptors (Lipinski definition) is 6. The first-order chi connectivity index (χ1) is 9.54. The van der Waals surface area contributed by atoms with Gasteiger partial charge in [-0.2, -0.15) is 4.73 Å². The average Bonchev–Trinajstić information content (AvgIpc) is 2.44. The number of benzene rings is 1. The van der Waals surface area contributed by atoms with Gasteiger partial charge in [0.15, 0.2) is 5.17 Å². The standard InChI is InChI=1S/C11H11N5O3S/c12-10(17)9-7(5-20-11(13)15-18)14-6-3-1-2-4-8(6)16(9)19/h1-4,18H,5H2,(H2,12,17)(H2,13,15). The molecule has 0 saturated heterocycles. The number of hydrogen-bond donors (Lipinski definition) is 3. The van der Waals surface area contributed by atoms with Crippen LogP contribution in [0.1, 0.15) is 16.2 Å². The molecule has 0 bridgehead atoms. The SMILES string of the molecule is NC(=O)c1c(CS/C(N)=N/O)nc2ccccc2[n+]1[O-]. The van der Waals surface area contributed by atoms with Crippen LogP contribution in [0, 0.1) is 5.21 Å². The zero-order valence-electron chi connectivity index (χ0n) is 10.2. The van der Waals surface area contributed by atoms with E-state index in [0.29, 0.717) is 10.2 Å². The zero-order valence-corrected chi connectivity index (χ0v) is 11.0. The van der Waals surface area contributed by atoms with Crippen molar-refractivity contribution >= 4 is 33.9 Å². The summed E-state index contributed by atoms with van der Waals surface area (Å²) in [5.41, 5.74) is 11.2. The molecule has 1 amide bonds. The first-order valence-electron chi connectivity index (χ1n) is 5.46. The van der Waals surface area contributed by atoms with Gasteiger partial charge in [0.25, 0.3) is 0 Å².